The minimum Gasteiger partial charge on any atom is -0.496 e. The molecule has 0 bridgehead atoms. The maximum atomic E-state index is 12.3. The van der Waals surface area contributed by atoms with Gasteiger partial charge in [-0.15, -0.1) is 0 Å². The van der Waals surface area contributed by atoms with Gasteiger partial charge in [-0.3, -0.25) is 4.79 Å². The number of hydrogen-bond donors (Lipinski definition) is 1. The molecule has 4 heteroatoms. The largest absolute Gasteiger partial charge is 0.496 e. The second kappa shape index (κ2) is 6.16. The Hall–Kier alpha value is -1.71. The molecule has 1 amide bonds. The summed E-state index contributed by atoms with van der Waals surface area (Å²) in [6.45, 7) is 10.2. The van der Waals surface area contributed by atoms with Crippen LogP contribution in [0.15, 0.2) is 12.1 Å². The molecule has 112 valence electrons. The molecule has 0 spiro atoms. The van der Waals surface area contributed by atoms with E-state index in [1.54, 1.807) is 26.4 Å². The zero-order chi connectivity index (χ0) is 15.5. The molecule has 1 aromatic carbocycles. The Kier molecular flexibility index (Phi) is 5.03. The molecule has 0 heterocycles. The minimum absolute atomic E-state index is 0.00846. The fourth-order valence-electron chi connectivity index (χ4n) is 1.71. The van der Waals surface area contributed by atoms with Gasteiger partial charge in [0.1, 0.15) is 11.5 Å². The number of methoxy groups -OCH3 is 2. The van der Waals surface area contributed by atoms with Crippen LogP contribution >= 0.6 is 0 Å². The summed E-state index contributed by atoms with van der Waals surface area (Å²) < 4.78 is 10.6. The van der Waals surface area contributed by atoms with Gasteiger partial charge in [0.15, 0.2) is 0 Å². The van der Waals surface area contributed by atoms with E-state index in [0.29, 0.717) is 17.1 Å². The van der Waals surface area contributed by atoms with Crippen molar-refractivity contribution in [3.63, 3.8) is 0 Å². The molecule has 20 heavy (non-hydrogen) atoms. The van der Waals surface area contributed by atoms with Gasteiger partial charge in [-0.2, -0.15) is 0 Å². The first-order chi connectivity index (χ1) is 9.20. The predicted octanol–water partition coefficient (Wildman–Crippen LogP) is 3.18. The Morgan fingerprint density at radius 3 is 1.95 bits per heavy atom. The molecule has 1 N–H and O–H groups in total. The van der Waals surface area contributed by atoms with Crippen molar-refractivity contribution in [1.82, 2.24) is 5.32 Å². The van der Waals surface area contributed by atoms with Gasteiger partial charge in [0.25, 0.3) is 5.91 Å². The molecule has 0 saturated carbocycles. The Bertz CT molecular complexity index is 464. The van der Waals surface area contributed by atoms with Crippen molar-refractivity contribution in [3.05, 3.63) is 23.3 Å². The third-order valence-corrected chi connectivity index (χ3v) is 3.66. The van der Waals surface area contributed by atoms with Gasteiger partial charge in [-0.25, -0.2) is 0 Å². The van der Waals surface area contributed by atoms with E-state index in [0.717, 1.165) is 5.56 Å². The van der Waals surface area contributed by atoms with E-state index in [-0.39, 0.29) is 17.4 Å². The normalized spacial score (nSPS) is 12.8. The van der Waals surface area contributed by atoms with Gasteiger partial charge in [-0.1, -0.05) is 20.8 Å². The second-order valence-corrected chi connectivity index (χ2v) is 6.07. The molecule has 1 unspecified atom stereocenters. The standard InChI is InChI=1S/C16H25NO3/c1-10-13(19-6)8-12(9-14(10)20-7)15(18)17-11(2)16(3,4)5/h8-9,11H,1-7H3,(H,17,18). The summed E-state index contributed by atoms with van der Waals surface area (Å²) in [4.78, 5) is 12.3. The maximum Gasteiger partial charge on any atom is 0.251 e. The summed E-state index contributed by atoms with van der Waals surface area (Å²) in [5.41, 5.74) is 1.44. The van der Waals surface area contributed by atoms with Gasteiger partial charge in [0, 0.05) is 17.2 Å². The number of carbonyl (C=O) groups is 1. The van der Waals surface area contributed by atoms with Crippen molar-refractivity contribution in [1.29, 1.82) is 0 Å². The molecular formula is C16H25NO3. The number of rotatable bonds is 4. The number of hydrogen-bond acceptors (Lipinski definition) is 3. The van der Waals surface area contributed by atoms with Gasteiger partial charge in [0.2, 0.25) is 0 Å². The van der Waals surface area contributed by atoms with E-state index in [1.165, 1.54) is 0 Å². The van der Waals surface area contributed by atoms with E-state index >= 15 is 0 Å². The third kappa shape index (κ3) is 3.65. The van der Waals surface area contributed by atoms with E-state index in [9.17, 15) is 4.79 Å². The molecule has 1 atom stereocenters. The van der Waals surface area contributed by atoms with Crippen molar-refractivity contribution in [3.8, 4) is 11.5 Å². The van der Waals surface area contributed by atoms with Crippen LogP contribution in [0, 0.1) is 12.3 Å². The first-order valence-corrected chi connectivity index (χ1v) is 6.74. The quantitative estimate of drug-likeness (QED) is 0.921. The lowest BCUT2D eigenvalue weighted by atomic mass is 9.88. The molecule has 0 aliphatic heterocycles. The molecule has 4 nitrogen and oxygen atoms in total. The fraction of sp³-hybridized carbons (Fsp3) is 0.562. The number of benzene rings is 1. The molecule has 0 aromatic heterocycles. The Labute approximate surface area is 121 Å². The lowest BCUT2D eigenvalue weighted by molar-refractivity contribution is 0.0909. The van der Waals surface area contributed by atoms with E-state index < -0.39 is 0 Å². The highest BCUT2D eigenvalue weighted by atomic mass is 16.5. The van der Waals surface area contributed by atoms with Crippen LogP contribution in [0.25, 0.3) is 0 Å². The first kappa shape index (κ1) is 16.3. The van der Waals surface area contributed by atoms with Crippen LogP contribution in [0.5, 0.6) is 11.5 Å². The smallest absolute Gasteiger partial charge is 0.251 e. The molecule has 1 aromatic rings. The molecule has 0 fully saturated rings. The summed E-state index contributed by atoms with van der Waals surface area (Å²) >= 11 is 0. The van der Waals surface area contributed by atoms with E-state index in [1.807, 2.05) is 13.8 Å². The summed E-state index contributed by atoms with van der Waals surface area (Å²) in [6.07, 6.45) is 0. The average Bonchev–Trinajstić information content (AvgIpc) is 2.37. The second-order valence-electron chi connectivity index (χ2n) is 6.07. The first-order valence-electron chi connectivity index (χ1n) is 6.74. The zero-order valence-corrected chi connectivity index (χ0v) is 13.5. The maximum absolute atomic E-state index is 12.3. The number of amides is 1. The third-order valence-electron chi connectivity index (χ3n) is 3.66. The Morgan fingerprint density at radius 1 is 1.15 bits per heavy atom. The number of carbonyl (C=O) groups excluding carboxylic acids is 1. The Morgan fingerprint density at radius 2 is 1.60 bits per heavy atom. The highest BCUT2D eigenvalue weighted by molar-refractivity contribution is 5.95. The van der Waals surface area contributed by atoms with Crippen LogP contribution in [-0.4, -0.2) is 26.2 Å². The lowest BCUT2D eigenvalue weighted by Crippen LogP contribution is -2.41. The SMILES string of the molecule is COc1cc(C(=O)NC(C)C(C)(C)C)cc(OC)c1C. The van der Waals surface area contributed by atoms with Crippen LogP contribution in [0.3, 0.4) is 0 Å². The highest BCUT2D eigenvalue weighted by Crippen LogP contribution is 2.29. The summed E-state index contributed by atoms with van der Waals surface area (Å²) in [5.74, 6) is 1.18. The van der Waals surface area contributed by atoms with E-state index in [4.69, 9.17) is 9.47 Å². The molecular weight excluding hydrogens is 254 g/mol. The summed E-state index contributed by atoms with van der Waals surface area (Å²) in [5, 5.41) is 3.01. The number of ether oxygens (including phenoxy) is 2. The fourth-order valence-corrected chi connectivity index (χ4v) is 1.71. The predicted molar refractivity (Wildman–Crippen MR) is 80.7 cm³/mol. The van der Waals surface area contributed by atoms with Crippen LogP contribution in [0.1, 0.15) is 43.6 Å². The van der Waals surface area contributed by atoms with Crippen LogP contribution in [0.4, 0.5) is 0 Å². The monoisotopic (exact) mass is 279 g/mol. The van der Waals surface area contributed by atoms with Gasteiger partial charge < -0.3 is 14.8 Å². The molecule has 0 aliphatic rings. The van der Waals surface area contributed by atoms with Gasteiger partial charge in [-0.05, 0) is 31.4 Å². The Balaban J connectivity index is 3.05. The topological polar surface area (TPSA) is 47.6 Å². The van der Waals surface area contributed by atoms with Gasteiger partial charge >= 0.3 is 0 Å². The zero-order valence-electron chi connectivity index (χ0n) is 13.5. The van der Waals surface area contributed by atoms with Crippen LogP contribution in [-0.2, 0) is 0 Å². The van der Waals surface area contributed by atoms with Crippen molar-refractivity contribution in [2.24, 2.45) is 5.41 Å². The van der Waals surface area contributed by atoms with Gasteiger partial charge in [0.05, 0.1) is 14.2 Å². The highest BCUT2D eigenvalue weighted by Gasteiger charge is 2.23. The van der Waals surface area contributed by atoms with Crippen molar-refractivity contribution in [2.75, 3.05) is 14.2 Å². The number of nitrogens with one attached hydrogen (secondary N) is 1. The minimum atomic E-state index is -0.121. The molecule has 1 rings (SSSR count). The summed E-state index contributed by atoms with van der Waals surface area (Å²) in [7, 11) is 3.17. The van der Waals surface area contributed by atoms with Crippen LogP contribution < -0.4 is 14.8 Å². The molecule has 0 aliphatic carbocycles. The van der Waals surface area contributed by atoms with Crippen molar-refractivity contribution < 1.29 is 14.3 Å². The average molecular weight is 279 g/mol. The molecule has 0 saturated heterocycles. The van der Waals surface area contributed by atoms with Crippen LogP contribution in [0.2, 0.25) is 0 Å². The van der Waals surface area contributed by atoms with E-state index in [2.05, 4.69) is 26.1 Å². The lowest BCUT2D eigenvalue weighted by Gasteiger charge is -2.28. The van der Waals surface area contributed by atoms with Crippen molar-refractivity contribution >= 4 is 5.91 Å². The molecule has 0 radical (unpaired) electrons. The van der Waals surface area contributed by atoms with Crippen molar-refractivity contribution in [2.45, 2.75) is 40.7 Å². The summed E-state index contributed by atoms with van der Waals surface area (Å²) in [6, 6.07) is 3.54.